The Labute approximate surface area is 389 Å². The van der Waals surface area contributed by atoms with Gasteiger partial charge in [0, 0.05) is 19.3 Å². The molecule has 0 rings (SSSR count). The van der Waals surface area contributed by atoms with Gasteiger partial charge in [-0.05, 0) is 57.8 Å². The highest BCUT2D eigenvalue weighted by molar-refractivity contribution is 5.71. The van der Waals surface area contributed by atoms with Crippen molar-refractivity contribution in [1.82, 2.24) is 0 Å². The van der Waals surface area contributed by atoms with E-state index in [2.05, 4.69) is 51.2 Å². The molecule has 0 amide bonds. The van der Waals surface area contributed by atoms with Crippen LogP contribution in [-0.2, 0) is 28.6 Å². The first kappa shape index (κ1) is 59.9. The lowest BCUT2D eigenvalue weighted by molar-refractivity contribution is -0.166. The fourth-order valence-electron chi connectivity index (χ4n) is 7.33. The molecule has 0 N–H and O–H groups in total. The maximum atomic E-state index is 12.8. The van der Waals surface area contributed by atoms with Crippen molar-refractivity contribution in [2.75, 3.05) is 13.2 Å². The van der Waals surface area contributed by atoms with E-state index in [4.69, 9.17) is 14.2 Å². The third-order valence-electron chi connectivity index (χ3n) is 11.3. The summed E-state index contributed by atoms with van der Waals surface area (Å²) in [5.41, 5.74) is 0. The molecule has 0 aliphatic heterocycles. The molecular weight excluding hydrogens is 781 g/mol. The normalized spacial score (nSPS) is 12.6. The van der Waals surface area contributed by atoms with Crippen LogP contribution in [0.3, 0.4) is 0 Å². The Bertz CT molecular complexity index is 1190. The molecule has 0 bridgehead atoms. The Balaban J connectivity index is 4.41. The minimum absolute atomic E-state index is 0.107. The van der Waals surface area contributed by atoms with Crippen molar-refractivity contribution in [2.24, 2.45) is 0 Å². The zero-order chi connectivity index (χ0) is 45.8. The second kappa shape index (κ2) is 51.5. The minimum Gasteiger partial charge on any atom is -0.462 e. The lowest BCUT2D eigenvalue weighted by atomic mass is 10.0. The van der Waals surface area contributed by atoms with Gasteiger partial charge in [0.1, 0.15) is 13.2 Å². The maximum absolute atomic E-state index is 12.8. The Kier molecular flexibility index (Phi) is 48.9. The Morgan fingerprint density at radius 1 is 0.349 bits per heavy atom. The summed E-state index contributed by atoms with van der Waals surface area (Å²) in [6, 6.07) is 0. The lowest BCUT2D eigenvalue weighted by Gasteiger charge is -2.18. The number of ether oxygens (including phenoxy) is 3. The summed E-state index contributed by atoms with van der Waals surface area (Å²) in [6.45, 7) is 6.41. The molecule has 0 spiro atoms. The van der Waals surface area contributed by atoms with Gasteiger partial charge >= 0.3 is 17.9 Å². The predicted molar refractivity (Wildman–Crippen MR) is 270 cm³/mol. The van der Waals surface area contributed by atoms with Gasteiger partial charge in [-0.1, -0.05) is 248 Å². The van der Waals surface area contributed by atoms with Crippen LogP contribution in [0, 0.1) is 0 Å². The molecule has 362 valence electrons. The number of carbonyl (C=O) groups excluding carboxylic acids is 3. The first-order valence-corrected chi connectivity index (χ1v) is 26.5. The monoisotopic (exact) mass is 879 g/mol. The summed E-state index contributed by atoms with van der Waals surface area (Å²) in [5, 5.41) is 0. The van der Waals surface area contributed by atoms with Gasteiger partial charge in [0.05, 0.1) is 0 Å². The van der Waals surface area contributed by atoms with Gasteiger partial charge in [-0.3, -0.25) is 14.4 Å². The molecule has 0 fully saturated rings. The molecule has 0 aromatic heterocycles. The van der Waals surface area contributed by atoms with Gasteiger partial charge in [-0.15, -0.1) is 0 Å². The Morgan fingerprint density at radius 3 is 1.21 bits per heavy atom. The van der Waals surface area contributed by atoms with Gasteiger partial charge in [0.25, 0.3) is 0 Å². The summed E-state index contributed by atoms with van der Waals surface area (Å²) in [6.07, 6.45) is 64.8. The van der Waals surface area contributed by atoms with E-state index in [0.717, 1.165) is 57.8 Å². The topological polar surface area (TPSA) is 78.9 Å². The highest BCUT2D eigenvalue weighted by Gasteiger charge is 2.19. The molecule has 0 aliphatic rings. The van der Waals surface area contributed by atoms with Crippen LogP contribution in [0.15, 0.2) is 72.9 Å². The first-order chi connectivity index (χ1) is 31.0. The Hall–Kier alpha value is -3.15. The molecule has 0 aromatic rings. The molecule has 6 heteroatoms. The first-order valence-electron chi connectivity index (χ1n) is 26.5. The minimum atomic E-state index is -0.816. The second-order valence-corrected chi connectivity index (χ2v) is 17.5. The average molecular weight is 879 g/mol. The van der Waals surface area contributed by atoms with Crippen molar-refractivity contribution in [3.8, 4) is 0 Å². The van der Waals surface area contributed by atoms with Crippen LogP contribution >= 0.6 is 0 Å². The number of carbonyl (C=O) groups is 3. The number of esters is 3. The summed E-state index contributed by atoms with van der Waals surface area (Å²) in [7, 11) is 0. The van der Waals surface area contributed by atoms with E-state index in [1.54, 1.807) is 0 Å². The molecular formula is C57H98O6. The van der Waals surface area contributed by atoms with E-state index in [0.29, 0.717) is 19.3 Å². The molecule has 63 heavy (non-hydrogen) atoms. The summed E-state index contributed by atoms with van der Waals surface area (Å²) in [5.74, 6) is -1.01. The number of hydrogen-bond donors (Lipinski definition) is 0. The number of allylic oxidation sites excluding steroid dienone is 12. The summed E-state index contributed by atoms with van der Waals surface area (Å²) >= 11 is 0. The highest BCUT2D eigenvalue weighted by atomic mass is 16.6. The fourth-order valence-corrected chi connectivity index (χ4v) is 7.33. The van der Waals surface area contributed by atoms with Crippen LogP contribution in [0.2, 0.25) is 0 Å². The van der Waals surface area contributed by atoms with E-state index < -0.39 is 6.10 Å². The zero-order valence-corrected chi connectivity index (χ0v) is 41.3. The van der Waals surface area contributed by atoms with Crippen LogP contribution in [0.5, 0.6) is 0 Å². The maximum Gasteiger partial charge on any atom is 0.306 e. The second-order valence-electron chi connectivity index (χ2n) is 17.5. The predicted octanol–water partition coefficient (Wildman–Crippen LogP) is 17.4. The molecule has 0 aromatic carbocycles. The quantitative estimate of drug-likeness (QED) is 0.0199. The van der Waals surface area contributed by atoms with E-state index >= 15 is 0 Å². The summed E-state index contributed by atoms with van der Waals surface area (Å²) < 4.78 is 16.7. The fraction of sp³-hybridized carbons (Fsp3) is 0.737. The van der Waals surface area contributed by atoms with Crippen LogP contribution in [-0.4, -0.2) is 37.2 Å². The average Bonchev–Trinajstić information content (AvgIpc) is 3.28. The van der Waals surface area contributed by atoms with Crippen molar-refractivity contribution < 1.29 is 28.6 Å². The van der Waals surface area contributed by atoms with Crippen LogP contribution in [0.1, 0.15) is 252 Å². The van der Waals surface area contributed by atoms with Crippen LogP contribution in [0.25, 0.3) is 0 Å². The molecule has 0 saturated heterocycles. The molecule has 0 aliphatic carbocycles. The van der Waals surface area contributed by atoms with Crippen molar-refractivity contribution >= 4 is 17.9 Å². The zero-order valence-electron chi connectivity index (χ0n) is 41.3. The van der Waals surface area contributed by atoms with E-state index in [1.807, 2.05) is 42.5 Å². The third-order valence-corrected chi connectivity index (χ3v) is 11.3. The number of unbranched alkanes of at least 4 members (excludes halogenated alkanes) is 27. The van der Waals surface area contributed by atoms with Gasteiger partial charge in [-0.2, -0.15) is 0 Å². The van der Waals surface area contributed by atoms with Crippen molar-refractivity contribution in [3.63, 3.8) is 0 Å². The van der Waals surface area contributed by atoms with Crippen LogP contribution < -0.4 is 0 Å². The molecule has 0 radical (unpaired) electrons. The van der Waals surface area contributed by atoms with E-state index in [9.17, 15) is 14.4 Å². The van der Waals surface area contributed by atoms with Crippen LogP contribution in [0.4, 0.5) is 0 Å². The van der Waals surface area contributed by atoms with Gasteiger partial charge in [0.2, 0.25) is 0 Å². The van der Waals surface area contributed by atoms with Gasteiger partial charge in [0.15, 0.2) is 6.10 Å². The third kappa shape index (κ3) is 49.7. The largest absolute Gasteiger partial charge is 0.462 e. The Morgan fingerprint density at radius 2 is 0.714 bits per heavy atom. The van der Waals surface area contributed by atoms with E-state index in [-0.39, 0.29) is 44.0 Å². The van der Waals surface area contributed by atoms with E-state index in [1.165, 1.54) is 141 Å². The van der Waals surface area contributed by atoms with Crippen molar-refractivity contribution in [3.05, 3.63) is 72.9 Å². The molecule has 0 saturated carbocycles. The smallest absolute Gasteiger partial charge is 0.306 e. The molecule has 1 atom stereocenters. The molecule has 1 unspecified atom stereocenters. The van der Waals surface area contributed by atoms with Crippen molar-refractivity contribution in [2.45, 2.75) is 258 Å². The van der Waals surface area contributed by atoms with Gasteiger partial charge in [-0.25, -0.2) is 0 Å². The number of hydrogen-bond acceptors (Lipinski definition) is 6. The standard InChI is InChI=1S/C57H98O6/c1-4-7-10-13-16-19-22-25-26-27-28-29-30-33-35-38-41-44-47-50-56(59)62-53-54(63-57(60)51-48-45-42-39-36-32-24-21-18-15-12-9-6-3)52-61-55(58)49-46-43-40-37-34-31-23-20-17-14-11-8-5-2/h9,12,15,18,21,24,31-32,34,36,40,43,54H,4-8,10-11,13-14,16-17,19-20,22-23,25-30,33,35,37-39,41-42,44-53H2,1-3H3/b12-9+,18-15+,24-21+,34-31+,36-32+,43-40+. The van der Waals surface area contributed by atoms with Crippen molar-refractivity contribution in [1.29, 1.82) is 0 Å². The van der Waals surface area contributed by atoms with Gasteiger partial charge < -0.3 is 14.2 Å². The highest BCUT2D eigenvalue weighted by Crippen LogP contribution is 2.16. The number of rotatable bonds is 47. The lowest BCUT2D eigenvalue weighted by Crippen LogP contribution is -2.30. The molecule has 6 nitrogen and oxygen atoms in total. The molecule has 0 heterocycles. The SMILES string of the molecule is CC/C=C/C=C/C=C/C=C/CCCCCC(=O)OC(COC(=O)CC/C=C/C/C=C/CCCCCCCC)COC(=O)CCCCCCCCCCCCCCCCCCCCC. The summed E-state index contributed by atoms with van der Waals surface area (Å²) in [4.78, 5) is 37.9.